The first-order valence-electron chi connectivity index (χ1n) is 5.15. The van der Waals surface area contributed by atoms with Crippen LogP contribution in [0.15, 0.2) is 29.4 Å². The van der Waals surface area contributed by atoms with E-state index in [0.29, 0.717) is 17.9 Å². The Morgan fingerprint density at radius 1 is 1.38 bits per heavy atom. The Kier molecular flexibility index (Phi) is 3.61. The van der Waals surface area contributed by atoms with Gasteiger partial charge in [-0.15, -0.1) is 0 Å². The Labute approximate surface area is 104 Å². The number of aromatic nitrogens is 1. The summed E-state index contributed by atoms with van der Waals surface area (Å²) in [5, 5.41) is 0. The molecule has 2 heterocycles. The van der Waals surface area contributed by atoms with Crippen LogP contribution in [-0.4, -0.2) is 35.6 Å². The van der Waals surface area contributed by atoms with Gasteiger partial charge in [0, 0.05) is 30.3 Å². The summed E-state index contributed by atoms with van der Waals surface area (Å²) in [5.41, 5.74) is 0. The van der Waals surface area contributed by atoms with Gasteiger partial charge in [-0.05, 0) is 25.0 Å². The lowest BCUT2D eigenvalue weighted by atomic mass is 10.2. The molecule has 6 heteroatoms. The van der Waals surface area contributed by atoms with Crippen LogP contribution in [0, 0.1) is 0 Å². The topological polar surface area (TPSA) is 50.3 Å². The van der Waals surface area contributed by atoms with Gasteiger partial charge in [-0.3, -0.25) is 4.98 Å². The number of halogens is 1. The van der Waals surface area contributed by atoms with E-state index in [4.69, 9.17) is 0 Å². The first-order valence-corrected chi connectivity index (χ1v) is 7.50. The molecule has 0 atom stereocenters. The third kappa shape index (κ3) is 2.44. The molecule has 2 rings (SSSR count). The molecule has 88 valence electrons. The highest BCUT2D eigenvalue weighted by molar-refractivity contribution is 9.09. The van der Waals surface area contributed by atoms with Crippen LogP contribution in [0.1, 0.15) is 12.8 Å². The Balaban J connectivity index is 2.20. The van der Waals surface area contributed by atoms with Gasteiger partial charge in [-0.25, -0.2) is 8.42 Å². The molecule has 1 aromatic heterocycles. The summed E-state index contributed by atoms with van der Waals surface area (Å²) in [6.07, 6.45) is 4.69. The van der Waals surface area contributed by atoms with Crippen molar-refractivity contribution in [2.75, 3.05) is 13.1 Å². The zero-order valence-electron chi connectivity index (χ0n) is 8.71. The quantitative estimate of drug-likeness (QED) is 0.780. The molecule has 0 unspecified atom stereocenters. The van der Waals surface area contributed by atoms with Gasteiger partial charge in [0.25, 0.3) is 0 Å². The van der Waals surface area contributed by atoms with Crippen molar-refractivity contribution in [2.45, 2.75) is 22.6 Å². The fraction of sp³-hybridized carbons (Fsp3) is 0.500. The lowest BCUT2D eigenvalue weighted by Crippen LogP contribution is -2.38. The van der Waals surface area contributed by atoms with Gasteiger partial charge >= 0.3 is 0 Å². The highest BCUT2D eigenvalue weighted by atomic mass is 79.9. The molecule has 4 nitrogen and oxygen atoms in total. The minimum Gasteiger partial charge on any atom is -0.263 e. The molecule has 0 spiro atoms. The summed E-state index contributed by atoms with van der Waals surface area (Å²) in [4.78, 5) is 4.56. The highest BCUT2D eigenvalue weighted by Crippen LogP contribution is 2.23. The van der Waals surface area contributed by atoms with E-state index in [1.54, 1.807) is 18.3 Å². The largest absolute Gasteiger partial charge is 0.263 e. The first-order chi connectivity index (χ1) is 7.60. The summed E-state index contributed by atoms with van der Waals surface area (Å²) >= 11 is 3.50. The lowest BCUT2D eigenvalue weighted by molar-refractivity contribution is 0.354. The smallest absolute Gasteiger partial charge is 0.244 e. The van der Waals surface area contributed by atoms with Crippen molar-refractivity contribution in [3.63, 3.8) is 0 Å². The van der Waals surface area contributed by atoms with Crippen LogP contribution < -0.4 is 0 Å². The Hall–Kier alpha value is -0.460. The van der Waals surface area contributed by atoms with E-state index < -0.39 is 10.0 Å². The van der Waals surface area contributed by atoms with Crippen LogP contribution in [0.25, 0.3) is 0 Å². The van der Waals surface area contributed by atoms with Crippen molar-refractivity contribution in [3.8, 4) is 0 Å². The standard InChI is InChI=1S/C10H13BrN2O2S/c11-9-3-6-13(7-4-9)16(14,15)10-2-1-5-12-8-10/h1-2,5,8-9H,3-4,6-7H2. The molecule has 0 aliphatic carbocycles. The average Bonchev–Trinajstić information content (AvgIpc) is 2.31. The van der Waals surface area contributed by atoms with Crippen LogP contribution in [0.5, 0.6) is 0 Å². The van der Waals surface area contributed by atoms with Gasteiger partial charge in [-0.1, -0.05) is 15.9 Å². The number of hydrogen-bond donors (Lipinski definition) is 0. The van der Waals surface area contributed by atoms with Gasteiger partial charge in [0.1, 0.15) is 4.90 Å². The third-order valence-electron chi connectivity index (χ3n) is 2.66. The summed E-state index contributed by atoms with van der Waals surface area (Å²) < 4.78 is 25.9. The molecule has 1 fully saturated rings. The fourth-order valence-electron chi connectivity index (χ4n) is 1.71. The first kappa shape index (κ1) is 12.0. The average molecular weight is 305 g/mol. The minimum absolute atomic E-state index is 0.281. The van der Waals surface area contributed by atoms with Crippen molar-refractivity contribution >= 4 is 26.0 Å². The van der Waals surface area contributed by atoms with Gasteiger partial charge in [0.2, 0.25) is 10.0 Å². The van der Waals surface area contributed by atoms with Crippen LogP contribution in [0.2, 0.25) is 0 Å². The number of alkyl halides is 1. The minimum atomic E-state index is -3.34. The van der Waals surface area contributed by atoms with Gasteiger partial charge in [-0.2, -0.15) is 4.31 Å². The number of hydrogen-bond acceptors (Lipinski definition) is 3. The fourth-order valence-corrected chi connectivity index (χ4v) is 3.56. The lowest BCUT2D eigenvalue weighted by Gasteiger charge is -2.28. The molecule has 0 radical (unpaired) electrons. The molecule has 0 amide bonds. The molecule has 1 aliphatic heterocycles. The van der Waals surface area contributed by atoms with Crippen LogP contribution >= 0.6 is 15.9 Å². The molecule has 1 saturated heterocycles. The van der Waals surface area contributed by atoms with Crippen molar-refractivity contribution < 1.29 is 8.42 Å². The number of rotatable bonds is 2. The van der Waals surface area contributed by atoms with E-state index in [1.165, 1.54) is 10.5 Å². The molecule has 0 aromatic carbocycles. The molecule has 0 bridgehead atoms. The summed E-state index contributed by atoms with van der Waals surface area (Å²) in [6, 6.07) is 3.23. The summed E-state index contributed by atoms with van der Waals surface area (Å²) in [6.45, 7) is 1.15. The van der Waals surface area contributed by atoms with E-state index >= 15 is 0 Å². The molecule has 0 N–H and O–H groups in total. The maximum atomic E-state index is 12.2. The second kappa shape index (κ2) is 4.81. The van der Waals surface area contributed by atoms with Crippen LogP contribution in [0.3, 0.4) is 0 Å². The zero-order valence-corrected chi connectivity index (χ0v) is 11.1. The molecular weight excluding hydrogens is 292 g/mol. The second-order valence-corrected chi connectivity index (χ2v) is 7.00. The highest BCUT2D eigenvalue weighted by Gasteiger charge is 2.28. The Bertz CT molecular complexity index is 441. The van der Waals surface area contributed by atoms with Crippen molar-refractivity contribution in [1.82, 2.24) is 9.29 Å². The number of pyridine rings is 1. The van der Waals surface area contributed by atoms with Gasteiger partial charge < -0.3 is 0 Å². The summed E-state index contributed by atoms with van der Waals surface area (Å²) in [7, 11) is -3.34. The van der Waals surface area contributed by atoms with E-state index in [-0.39, 0.29) is 4.90 Å². The summed E-state index contributed by atoms with van der Waals surface area (Å²) in [5.74, 6) is 0. The number of sulfonamides is 1. The van der Waals surface area contributed by atoms with Crippen molar-refractivity contribution in [3.05, 3.63) is 24.5 Å². The normalized spacial score (nSPS) is 19.8. The third-order valence-corrected chi connectivity index (χ3v) is 5.45. The second-order valence-electron chi connectivity index (χ2n) is 3.77. The molecule has 16 heavy (non-hydrogen) atoms. The van der Waals surface area contributed by atoms with Crippen molar-refractivity contribution in [1.29, 1.82) is 0 Å². The maximum Gasteiger partial charge on any atom is 0.244 e. The van der Waals surface area contributed by atoms with E-state index in [9.17, 15) is 8.42 Å². The number of piperidine rings is 1. The monoisotopic (exact) mass is 304 g/mol. The van der Waals surface area contributed by atoms with E-state index in [1.807, 2.05) is 0 Å². The Morgan fingerprint density at radius 2 is 2.06 bits per heavy atom. The Morgan fingerprint density at radius 3 is 2.62 bits per heavy atom. The van der Waals surface area contributed by atoms with Crippen molar-refractivity contribution in [2.24, 2.45) is 0 Å². The van der Waals surface area contributed by atoms with Gasteiger partial charge in [0.05, 0.1) is 0 Å². The SMILES string of the molecule is O=S(=O)(c1cccnc1)N1CCC(Br)CC1. The van der Waals surface area contributed by atoms with E-state index in [0.717, 1.165) is 12.8 Å². The predicted octanol–water partition coefficient (Wildman–Crippen LogP) is 1.63. The zero-order chi connectivity index (χ0) is 11.6. The van der Waals surface area contributed by atoms with Gasteiger partial charge in [0.15, 0.2) is 0 Å². The number of nitrogens with zero attached hydrogens (tertiary/aromatic N) is 2. The molecule has 0 saturated carbocycles. The van der Waals surface area contributed by atoms with E-state index in [2.05, 4.69) is 20.9 Å². The molecular formula is C10H13BrN2O2S. The van der Waals surface area contributed by atoms with Crippen LogP contribution in [0.4, 0.5) is 0 Å². The molecule has 1 aromatic rings. The predicted molar refractivity (Wildman–Crippen MR) is 64.9 cm³/mol. The molecule has 1 aliphatic rings. The maximum absolute atomic E-state index is 12.2. The van der Waals surface area contributed by atoms with Crippen LogP contribution in [-0.2, 0) is 10.0 Å².